The van der Waals surface area contributed by atoms with E-state index < -0.39 is 0 Å². The number of carbonyl (C=O) groups is 1. The zero-order chi connectivity index (χ0) is 16.4. The van der Waals surface area contributed by atoms with Gasteiger partial charge in [0.25, 0.3) is 5.91 Å². The highest BCUT2D eigenvalue weighted by Gasteiger charge is 2.26. The van der Waals surface area contributed by atoms with Crippen molar-refractivity contribution < 1.29 is 9.18 Å². The predicted octanol–water partition coefficient (Wildman–Crippen LogP) is 2.08. The number of hydrogen-bond acceptors (Lipinski definition) is 3. The predicted molar refractivity (Wildman–Crippen MR) is 85.5 cm³/mol. The van der Waals surface area contributed by atoms with E-state index in [0.29, 0.717) is 18.8 Å². The Morgan fingerprint density at radius 3 is 2.57 bits per heavy atom. The number of aromatic nitrogens is 2. The Morgan fingerprint density at radius 1 is 1.22 bits per heavy atom. The molecule has 1 amide bonds. The fraction of sp³-hybridized carbons (Fsp3) is 0.412. The van der Waals surface area contributed by atoms with E-state index in [2.05, 4.69) is 16.9 Å². The van der Waals surface area contributed by atoms with E-state index in [4.69, 9.17) is 0 Å². The lowest BCUT2D eigenvalue weighted by Gasteiger charge is -2.38. The van der Waals surface area contributed by atoms with Gasteiger partial charge in [0.15, 0.2) is 0 Å². The number of hydrogen-bond donors (Lipinski definition) is 0. The molecule has 0 radical (unpaired) electrons. The van der Waals surface area contributed by atoms with Crippen LogP contribution >= 0.6 is 0 Å². The summed E-state index contributed by atoms with van der Waals surface area (Å²) in [4.78, 5) is 16.6. The SMILES string of the molecule is C[C@H](c1cccc(F)c1)N1CCN(C(=O)c2ccnn2C)CC1. The summed E-state index contributed by atoms with van der Waals surface area (Å²) in [6, 6.07) is 8.60. The molecule has 2 aromatic rings. The molecule has 1 fully saturated rings. The number of aryl methyl sites for hydroxylation is 1. The average Bonchev–Trinajstić information content (AvgIpc) is 3.00. The van der Waals surface area contributed by atoms with Gasteiger partial charge in [0.1, 0.15) is 11.5 Å². The van der Waals surface area contributed by atoms with Crippen LogP contribution in [0.2, 0.25) is 0 Å². The lowest BCUT2D eigenvalue weighted by atomic mass is 10.1. The molecule has 0 spiro atoms. The van der Waals surface area contributed by atoms with Crippen LogP contribution in [0.1, 0.15) is 29.0 Å². The van der Waals surface area contributed by atoms with Crippen molar-refractivity contribution in [3.05, 3.63) is 53.6 Å². The Balaban J connectivity index is 1.62. The van der Waals surface area contributed by atoms with Crippen LogP contribution in [-0.4, -0.2) is 51.7 Å². The van der Waals surface area contributed by atoms with Crippen LogP contribution in [0.3, 0.4) is 0 Å². The van der Waals surface area contributed by atoms with Gasteiger partial charge >= 0.3 is 0 Å². The summed E-state index contributed by atoms with van der Waals surface area (Å²) >= 11 is 0. The second-order valence-corrected chi connectivity index (χ2v) is 5.90. The van der Waals surface area contributed by atoms with Gasteiger partial charge in [0.2, 0.25) is 0 Å². The van der Waals surface area contributed by atoms with E-state index in [9.17, 15) is 9.18 Å². The normalized spacial score (nSPS) is 17.3. The Morgan fingerprint density at radius 2 is 1.96 bits per heavy atom. The van der Waals surface area contributed by atoms with Crippen molar-refractivity contribution >= 4 is 5.91 Å². The Bertz CT molecular complexity index is 691. The fourth-order valence-corrected chi connectivity index (χ4v) is 3.04. The van der Waals surface area contributed by atoms with Gasteiger partial charge in [-0.15, -0.1) is 0 Å². The summed E-state index contributed by atoms with van der Waals surface area (Å²) < 4.78 is 15.0. The zero-order valence-corrected chi connectivity index (χ0v) is 13.4. The molecule has 0 unspecified atom stereocenters. The second-order valence-electron chi connectivity index (χ2n) is 5.90. The van der Waals surface area contributed by atoms with Crippen LogP contribution in [0.4, 0.5) is 4.39 Å². The topological polar surface area (TPSA) is 41.4 Å². The lowest BCUT2D eigenvalue weighted by Crippen LogP contribution is -2.49. The molecular formula is C17H21FN4O. The third-order valence-corrected chi connectivity index (χ3v) is 4.52. The van der Waals surface area contributed by atoms with Gasteiger partial charge in [-0.25, -0.2) is 4.39 Å². The molecule has 1 aliphatic heterocycles. The number of amides is 1. The van der Waals surface area contributed by atoms with E-state index in [-0.39, 0.29) is 17.8 Å². The molecule has 1 aromatic carbocycles. The summed E-state index contributed by atoms with van der Waals surface area (Å²) in [6.45, 7) is 4.98. The summed E-state index contributed by atoms with van der Waals surface area (Å²) in [5, 5.41) is 4.05. The van der Waals surface area contributed by atoms with Gasteiger partial charge in [-0.3, -0.25) is 14.4 Å². The van der Waals surface area contributed by atoms with Crippen molar-refractivity contribution in [3.63, 3.8) is 0 Å². The second kappa shape index (κ2) is 6.50. The van der Waals surface area contributed by atoms with Gasteiger partial charge in [-0.05, 0) is 30.7 Å². The summed E-state index contributed by atoms with van der Waals surface area (Å²) in [5.74, 6) is -0.192. The minimum absolute atomic E-state index is 0.0167. The number of benzene rings is 1. The van der Waals surface area contributed by atoms with E-state index in [1.807, 2.05) is 11.0 Å². The highest BCUT2D eigenvalue weighted by atomic mass is 19.1. The van der Waals surface area contributed by atoms with Crippen LogP contribution < -0.4 is 0 Å². The van der Waals surface area contributed by atoms with Gasteiger partial charge < -0.3 is 4.90 Å². The third-order valence-electron chi connectivity index (χ3n) is 4.52. The highest BCUT2D eigenvalue weighted by Crippen LogP contribution is 2.22. The summed E-state index contributed by atoms with van der Waals surface area (Å²) in [7, 11) is 1.77. The molecule has 0 bridgehead atoms. The number of halogens is 1. The number of rotatable bonds is 3. The molecule has 122 valence electrons. The van der Waals surface area contributed by atoms with Crippen LogP contribution in [0, 0.1) is 5.82 Å². The maximum Gasteiger partial charge on any atom is 0.272 e. The van der Waals surface area contributed by atoms with Crippen molar-refractivity contribution in [3.8, 4) is 0 Å². The van der Waals surface area contributed by atoms with Crippen LogP contribution in [-0.2, 0) is 7.05 Å². The first-order valence-corrected chi connectivity index (χ1v) is 7.83. The lowest BCUT2D eigenvalue weighted by molar-refractivity contribution is 0.0572. The van der Waals surface area contributed by atoms with Gasteiger partial charge in [-0.1, -0.05) is 12.1 Å². The molecule has 1 saturated heterocycles. The molecular weight excluding hydrogens is 295 g/mol. The number of carbonyl (C=O) groups excluding carboxylic acids is 1. The Kier molecular flexibility index (Phi) is 4.43. The first-order chi connectivity index (χ1) is 11.1. The minimum Gasteiger partial charge on any atom is -0.335 e. The molecule has 0 aliphatic carbocycles. The molecule has 6 heteroatoms. The smallest absolute Gasteiger partial charge is 0.272 e. The van der Waals surface area contributed by atoms with E-state index in [1.165, 1.54) is 6.07 Å². The highest BCUT2D eigenvalue weighted by molar-refractivity contribution is 5.92. The Hall–Kier alpha value is -2.21. The van der Waals surface area contributed by atoms with E-state index in [1.54, 1.807) is 36.1 Å². The van der Waals surface area contributed by atoms with Crippen molar-refractivity contribution in [2.75, 3.05) is 26.2 Å². The van der Waals surface area contributed by atoms with Gasteiger partial charge in [0, 0.05) is 45.5 Å². The van der Waals surface area contributed by atoms with Crippen molar-refractivity contribution in [2.45, 2.75) is 13.0 Å². The molecule has 1 aromatic heterocycles. The molecule has 0 N–H and O–H groups in total. The first kappa shape index (κ1) is 15.7. The van der Waals surface area contributed by atoms with Crippen LogP contribution in [0.5, 0.6) is 0 Å². The molecule has 1 atom stereocenters. The van der Waals surface area contributed by atoms with Crippen molar-refractivity contribution in [1.29, 1.82) is 0 Å². The van der Waals surface area contributed by atoms with Crippen LogP contribution in [0.15, 0.2) is 36.5 Å². The number of piperazine rings is 1. The zero-order valence-electron chi connectivity index (χ0n) is 13.4. The maximum absolute atomic E-state index is 13.4. The quantitative estimate of drug-likeness (QED) is 0.870. The fourth-order valence-electron chi connectivity index (χ4n) is 3.04. The van der Waals surface area contributed by atoms with E-state index >= 15 is 0 Å². The van der Waals surface area contributed by atoms with Crippen molar-refractivity contribution in [1.82, 2.24) is 19.6 Å². The minimum atomic E-state index is -0.209. The monoisotopic (exact) mass is 316 g/mol. The molecule has 23 heavy (non-hydrogen) atoms. The van der Waals surface area contributed by atoms with Crippen molar-refractivity contribution in [2.24, 2.45) is 7.05 Å². The summed E-state index contributed by atoms with van der Waals surface area (Å²) in [6.07, 6.45) is 1.63. The van der Waals surface area contributed by atoms with Gasteiger partial charge in [0.05, 0.1) is 0 Å². The average molecular weight is 316 g/mol. The van der Waals surface area contributed by atoms with E-state index in [0.717, 1.165) is 18.7 Å². The first-order valence-electron chi connectivity index (χ1n) is 7.83. The standard InChI is InChI=1S/C17H21FN4O/c1-13(14-4-3-5-15(18)12-14)21-8-10-22(11-9-21)17(23)16-6-7-19-20(16)2/h3-7,12-13H,8-11H2,1-2H3/t13-/m1/s1. The third kappa shape index (κ3) is 3.27. The maximum atomic E-state index is 13.4. The molecule has 3 rings (SSSR count). The van der Waals surface area contributed by atoms with Gasteiger partial charge in [-0.2, -0.15) is 5.10 Å². The molecule has 1 aliphatic rings. The Labute approximate surface area is 135 Å². The number of nitrogens with zero attached hydrogens (tertiary/aromatic N) is 4. The van der Waals surface area contributed by atoms with Crippen LogP contribution in [0.25, 0.3) is 0 Å². The summed E-state index contributed by atoms with van der Waals surface area (Å²) in [5.41, 5.74) is 1.58. The molecule has 5 nitrogen and oxygen atoms in total. The largest absolute Gasteiger partial charge is 0.335 e. The molecule has 0 saturated carbocycles. The molecule has 2 heterocycles.